The summed E-state index contributed by atoms with van der Waals surface area (Å²) in [6.45, 7) is 0.297. The Morgan fingerprint density at radius 3 is 2.65 bits per heavy atom. The predicted molar refractivity (Wildman–Crippen MR) is 98.5 cm³/mol. The fraction of sp³-hybridized carbons (Fsp3) is 0.300. The van der Waals surface area contributed by atoms with Gasteiger partial charge in [-0.15, -0.1) is 0 Å². The molecule has 0 bridgehead atoms. The van der Waals surface area contributed by atoms with Crippen LogP contribution in [-0.2, 0) is 11.3 Å². The Morgan fingerprint density at radius 2 is 1.96 bits per heavy atom. The third-order valence-electron chi connectivity index (χ3n) is 4.33. The number of methoxy groups -OCH3 is 1. The first-order chi connectivity index (χ1) is 12.6. The lowest BCUT2D eigenvalue weighted by Crippen LogP contribution is -2.32. The van der Waals surface area contributed by atoms with E-state index in [-0.39, 0.29) is 18.5 Å². The van der Waals surface area contributed by atoms with Gasteiger partial charge in [0.25, 0.3) is 5.91 Å². The highest BCUT2D eigenvalue weighted by molar-refractivity contribution is 5.95. The minimum absolute atomic E-state index is 0.0580. The molecule has 0 saturated heterocycles. The normalized spacial score (nSPS) is 13.1. The van der Waals surface area contributed by atoms with Crippen molar-refractivity contribution in [3.63, 3.8) is 0 Å². The van der Waals surface area contributed by atoms with E-state index in [1.807, 2.05) is 29.2 Å². The first-order valence-electron chi connectivity index (χ1n) is 8.57. The number of para-hydroxylation sites is 1. The Bertz CT molecular complexity index is 802. The van der Waals surface area contributed by atoms with Gasteiger partial charge in [-0.2, -0.15) is 0 Å². The summed E-state index contributed by atoms with van der Waals surface area (Å²) in [4.78, 5) is 25.6. The highest BCUT2D eigenvalue weighted by Crippen LogP contribution is 2.32. The zero-order valence-electron chi connectivity index (χ0n) is 14.6. The summed E-state index contributed by atoms with van der Waals surface area (Å²) < 4.78 is 5.40. The van der Waals surface area contributed by atoms with Gasteiger partial charge in [0.1, 0.15) is 12.3 Å². The highest BCUT2D eigenvalue weighted by Gasteiger charge is 2.33. The average molecular weight is 354 g/mol. The lowest BCUT2D eigenvalue weighted by molar-refractivity contribution is -0.134. The van der Waals surface area contributed by atoms with Crippen LogP contribution in [0.4, 0.5) is 5.69 Å². The van der Waals surface area contributed by atoms with Crippen molar-refractivity contribution < 1.29 is 19.4 Å². The zero-order chi connectivity index (χ0) is 18.5. The van der Waals surface area contributed by atoms with Crippen LogP contribution in [0.25, 0.3) is 0 Å². The molecule has 1 amide bonds. The van der Waals surface area contributed by atoms with Crippen LogP contribution in [0.1, 0.15) is 28.8 Å². The van der Waals surface area contributed by atoms with E-state index < -0.39 is 5.97 Å². The molecule has 0 unspecified atom stereocenters. The summed E-state index contributed by atoms with van der Waals surface area (Å²) in [7, 11) is 1.62. The van der Waals surface area contributed by atoms with Crippen molar-refractivity contribution in [1.29, 1.82) is 0 Å². The summed E-state index contributed by atoms with van der Waals surface area (Å²) >= 11 is 0. The van der Waals surface area contributed by atoms with Gasteiger partial charge in [-0.25, -0.2) is 0 Å². The molecular formula is C20H22N2O4. The van der Waals surface area contributed by atoms with Gasteiger partial charge >= 0.3 is 5.97 Å². The highest BCUT2D eigenvalue weighted by atomic mass is 16.5. The second-order valence-corrected chi connectivity index (χ2v) is 6.30. The SMILES string of the molecule is COc1ccccc1CN(C(=O)c1cccc(NCC(=O)O)c1)C1CC1. The first kappa shape index (κ1) is 17.8. The number of benzene rings is 2. The molecule has 1 aliphatic carbocycles. The van der Waals surface area contributed by atoms with E-state index in [9.17, 15) is 9.59 Å². The van der Waals surface area contributed by atoms with Gasteiger partial charge in [0.15, 0.2) is 0 Å². The van der Waals surface area contributed by atoms with Crippen molar-refractivity contribution in [3.05, 3.63) is 59.7 Å². The van der Waals surface area contributed by atoms with Gasteiger partial charge in [0.05, 0.1) is 7.11 Å². The molecule has 0 atom stereocenters. The molecule has 1 saturated carbocycles. The van der Waals surface area contributed by atoms with Gasteiger partial charge in [0.2, 0.25) is 0 Å². The maximum Gasteiger partial charge on any atom is 0.322 e. The smallest absolute Gasteiger partial charge is 0.322 e. The van der Waals surface area contributed by atoms with Crippen LogP contribution in [0.2, 0.25) is 0 Å². The van der Waals surface area contributed by atoms with Gasteiger partial charge in [-0.05, 0) is 37.1 Å². The number of amides is 1. The number of anilines is 1. The fourth-order valence-electron chi connectivity index (χ4n) is 2.88. The number of nitrogens with zero attached hydrogens (tertiary/aromatic N) is 1. The number of rotatable bonds is 8. The molecule has 3 rings (SSSR count). The van der Waals surface area contributed by atoms with Crippen LogP contribution in [0.15, 0.2) is 48.5 Å². The molecule has 2 aromatic carbocycles. The quantitative estimate of drug-likeness (QED) is 0.762. The topological polar surface area (TPSA) is 78.9 Å². The Hall–Kier alpha value is -3.02. The van der Waals surface area contributed by atoms with E-state index in [1.54, 1.807) is 31.4 Å². The Labute approximate surface area is 152 Å². The molecule has 0 heterocycles. The maximum absolute atomic E-state index is 13.1. The number of hydrogen-bond donors (Lipinski definition) is 2. The van der Waals surface area contributed by atoms with Crippen molar-refractivity contribution in [3.8, 4) is 5.75 Å². The van der Waals surface area contributed by atoms with E-state index in [0.29, 0.717) is 17.8 Å². The van der Waals surface area contributed by atoms with E-state index in [1.165, 1.54) is 0 Å². The molecule has 6 heteroatoms. The Morgan fingerprint density at radius 1 is 1.19 bits per heavy atom. The molecule has 1 fully saturated rings. The molecule has 0 aromatic heterocycles. The third kappa shape index (κ3) is 4.33. The van der Waals surface area contributed by atoms with Crippen molar-refractivity contribution in [2.45, 2.75) is 25.4 Å². The van der Waals surface area contributed by atoms with Gasteiger partial charge < -0.3 is 20.1 Å². The summed E-state index contributed by atoms with van der Waals surface area (Å²) in [5.74, 6) is -0.238. The molecule has 2 aromatic rings. The summed E-state index contributed by atoms with van der Waals surface area (Å²) in [6, 6.07) is 14.9. The molecule has 1 aliphatic rings. The molecule has 0 radical (unpaired) electrons. The molecular weight excluding hydrogens is 332 g/mol. The molecule has 0 aliphatic heterocycles. The zero-order valence-corrected chi connectivity index (χ0v) is 14.6. The number of carboxylic acids is 1. The molecule has 136 valence electrons. The second kappa shape index (κ2) is 7.91. The number of carbonyl (C=O) groups excluding carboxylic acids is 1. The summed E-state index contributed by atoms with van der Waals surface area (Å²) in [6.07, 6.45) is 2.00. The Balaban J connectivity index is 1.79. The van der Waals surface area contributed by atoms with E-state index in [2.05, 4.69) is 5.32 Å². The number of nitrogens with one attached hydrogen (secondary N) is 1. The van der Waals surface area contributed by atoms with Gasteiger partial charge in [-0.3, -0.25) is 9.59 Å². The number of hydrogen-bond acceptors (Lipinski definition) is 4. The standard InChI is InChI=1S/C20H22N2O4/c1-26-18-8-3-2-5-15(18)13-22(17-9-10-17)20(25)14-6-4-7-16(11-14)21-12-19(23)24/h2-8,11,17,21H,9-10,12-13H2,1H3,(H,23,24). The van der Waals surface area contributed by atoms with Crippen LogP contribution < -0.4 is 10.1 Å². The molecule has 6 nitrogen and oxygen atoms in total. The minimum Gasteiger partial charge on any atom is -0.496 e. The van der Waals surface area contributed by atoms with E-state index in [4.69, 9.17) is 9.84 Å². The van der Waals surface area contributed by atoms with E-state index >= 15 is 0 Å². The molecule has 2 N–H and O–H groups in total. The van der Waals surface area contributed by atoms with Crippen LogP contribution in [0, 0.1) is 0 Å². The van der Waals surface area contributed by atoms with Crippen molar-refractivity contribution >= 4 is 17.6 Å². The number of aliphatic carboxylic acids is 1. The largest absolute Gasteiger partial charge is 0.496 e. The van der Waals surface area contributed by atoms with Crippen LogP contribution >= 0.6 is 0 Å². The van der Waals surface area contributed by atoms with Crippen LogP contribution in [0.3, 0.4) is 0 Å². The average Bonchev–Trinajstić information content (AvgIpc) is 3.49. The lowest BCUT2D eigenvalue weighted by Gasteiger charge is -2.24. The number of carbonyl (C=O) groups is 2. The second-order valence-electron chi connectivity index (χ2n) is 6.30. The summed E-state index contributed by atoms with van der Waals surface area (Å²) in [5.41, 5.74) is 2.13. The van der Waals surface area contributed by atoms with Crippen LogP contribution in [0.5, 0.6) is 5.75 Å². The van der Waals surface area contributed by atoms with Crippen LogP contribution in [-0.4, -0.2) is 41.6 Å². The van der Waals surface area contributed by atoms with Crippen molar-refractivity contribution in [2.24, 2.45) is 0 Å². The number of ether oxygens (including phenoxy) is 1. The summed E-state index contributed by atoms with van der Waals surface area (Å²) in [5, 5.41) is 11.6. The fourth-order valence-corrected chi connectivity index (χ4v) is 2.88. The predicted octanol–water partition coefficient (Wildman–Crippen LogP) is 3.00. The first-order valence-corrected chi connectivity index (χ1v) is 8.57. The number of carboxylic acid groups (broad SMARTS) is 1. The molecule has 26 heavy (non-hydrogen) atoms. The maximum atomic E-state index is 13.1. The molecule has 0 spiro atoms. The van der Waals surface area contributed by atoms with Gasteiger partial charge in [-0.1, -0.05) is 24.3 Å². The van der Waals surface area contributed by atoms with E-state index in [0.717, 1.165) is 24.2 Å². The van der Waals surface area contributed by atoms with Crippen molar-refractivity contribution in [1.82, 2.24) is 4.90 Å². The Kier molecular flexibility index (Phi) is 5.41. The monoisotopic (exact) mass is 354 g/mol. The van der Waals surface area contributed by atoms with Gasteiger partial charge in [0, 0.05) is 29.4 Å². The minimum atomic E-state index is -0.947. The lowest BCUT2D eigenvalue weighted by atomic mass is 10.1. The third-order valence-corrected chi connectivity index (χ3v) is 4.33. The van der Waals surface area contributed by atoms with Crippen molar-refractivity contribution in [2.75, 3.05) is 19.0 Å².